The van der Waals surface area contributed by atoms with Crippen molar-refractivity contribution in [2.45, 2.75) is 11.8 Å². The Morgan fingerprint density at radius 3 is 2.65 bits per heavy atom. The van der Waals surface area contributed by atoms with Gasteiger partial charge in [-0.3, -0.25) is 4.79 Å². The Morgan fingerprint density at radius 1 is 0.968 bits per heavy atom. The van der Waals surface area contributed by atoms with Crippen LogP contribution < -0.4 is 14.4 Å². The molecule has 166 valence electrons. The van der Waals surface area contributed by atoms with E-state index in [0.717, 1.165) is 34.7 Å². The summed E-state index contributed by atoms with van der Waals surface area (Å²) < 4.78 is 27.6. The molecular formula is C24H29NO6. The van der Waals surface area contributed by atoms with Gasteiger partial charge in [-0.05, 0) is 29.8 Å². The predicted molar refractivity (Wildman–Crippen MR) is 116 cm³/mol. The van der Waals surface area contributed by atoms with E-state index in [0.29, 0.717) is 39.6 Å². The lowest BCUT2D eigenvalue weighted by Gasteiger charge is -2.23. The molecule has 2 aromatic carbocycles. The van der Waals surface area contributed by atoms with Crippen molar-refractivity contribution < 1.29 is 28.5 Å². The van der Waals surface area contributed by atoms with Gasteiger partial charge < -0.3 is 28.6 Å². The monoisotopic (exact) mass is 427 g/mol. The van der Waals surface area contributed by atoms with Gasteiger partial charge in [0.2, 0.25) is 5.91 Å². The van der Waals surface area contributed by atoms with Gasteiger partial charge in [0, 0.05) is 45.0 Å². The summed E-state index contributed by atoms with van der Waals surface area (Å²) in [4.78, 5) is 15.6. The van der Waals surface area contributed by atoms with E-state index in [-0.39, 0.29) is 12.5 Å². The molecule has 0 N–H and O–H groups in total. The summed E-state index contributed by atoms with van der Waals surface area (Å²) in [5, 5.41) is 0. The van der Waals surface area contributed by atoms with Crippen molar-refractivity contribution in [3.63, 3.8) is 0 Å². The fourth-order valence-electron chi connectivity index (χ4n) is 4.26. The number of fused-ring (bicyclic) bond motifs is 4. The number of carbonyl (C=O) groups excluding carboxylic acids is 1. The highest BCUT2D eigenvalue weighted by Crippen LogP contribution is 2.52. The molecule has 0 bridgehead atoms. The quantitative estimate of drug-likeness (QED) is 0.514. The van der Waals surface area contributed by atoms with Crippen LogP contribution in [-0.2, 0) is 24.4 Å². The van der Waals surface area contributed by atoms with E-state index in [1.54, 1.807) is 14.2 Å². The molecule has 0 saturated heterocycles. The number of rotatable bonds is 11. The molecule has 31 heavy (non-hydrogen) atoms. The molecule has 0 saturated carbocycles. The van der Waals surface area contributed by atoms with E-state index in [2.05, 4.69) is 0 Å². The predicted octanol–water partition coefficient (Wildman–Crippen LogP) is 2.79. The third-order valence-corrected chi connectivity index (χ3v) is 5.77. The first kappa shape index (κ1) is 21.6. The van der Waals surface area contributed by atoms with Gasteiger partial charge in [0.25, 0.3) is 0 Å². The number of methoxy groups -OCH3 is 2. The number of anilines is 1. The summed E-state index contributed by atoms with van der Waals surface area (Å²) in [6.45, 7) is 3.43. The second-order valence-electron chi connectivity index (χ2n) is 7.63. The van der Waals surface area contributed by atoms with E-state index in [1.807, 2.05) is 47.4 Å². The van der Waals surface area contributed by atoms with Crippen LogP contribution in [0.15, 0.2) is 42.5 Å². The van der Waals surface area contributed by atoms with Crippen molar-refractivity contribution >= 4 is 11.6 Å². The Labute approximate surface area is 182 Å². The lowest BCUT2D eigenvalue weighted by atomic mass is 9.77. The third kappa shape index (κ3) is 4.01. The van der Waals surface area contributed by atoms with Gasteiger partial charge in [-0.2, -0.15) is 0 Å². The molecule has 4 rings (SSSR count). The SMILES string of the molecule is COCCCOc1ccc2c(c1)C1(CO2)C(=O)N(CCOCCOC)c2ccccc21. The summed E-state index contributed by atoms with van der Waals surface area (Å²) in [7, 11) is 3.31. The minimum Gasteiger partial charge on any atom is -0.493 e. The van der Waals surface area contributed by atoms with Crippen LogP contribution in [0.2, 0.25) is 0 Å². The molecule has 7 heteroatoms. The first-order valence-electron chi connectivity index (χ1n) is 10.6. The molecule has 2 heterocycles. The van der Waals surface area contributed by atoms with Crippen molar-refractivity contribution in [2.24, 2.45) is 0 Å². The van der Waals surface area contributed by atoms with E-state index in [9.17, 15) is 4.79 Å². The van der Waals surface area contributed by atoms with Crippen molar-refractivity contribution in [3.05, 3.63) is 53.6 Å². The Hall–Kier alpha value is -2.61. The highest BCUT2D eigenvalue weighted by atomic mass is 16.5. The zero-order chi connectivity index (χ0) is 21.7. The van der Waals surface area contributed by atoms with Crippen LogP contribution in [0.4, 0.5) is 5.69 Å². The van der Waals surface area contributed by atoms with E-state index >= 15 is 0 Å². The van der Waals surface area contributed by atoms with Gasteiger partial charge in [0.1, 0.15) is 23.5 Å². The van der Waals surface area contributed by atoms with E-state index < -0.39 is 5.41 Å². The van der Waals surface area contributed by atoms with Gasteiger partial charge in [-0.1, -0.05) is 18.2 Å². The maximum atomic E-state index is 13.8. The average Bonchev–Trinajstić information content (AvgIpc) is 3.29. The highest BCUT2D eigenvalue weighted by molar-refractivity contribution is 6.11. The summed E-state index contributed by atoms with van der Waals surface area (Å²) in [6.07, 6.45) is 0.799. The fourth-order valence-corrected chi connectivity index (χ4v) is 4.26. The van der Waals surface area contributed by atoms with Crippen LogP contribution in [0.3, 0.4) is 0 Å². The first-order chi connectivity index (χ1) is 15.2. The van der Waals surface area contributed by atoms with Gasteiger partial charge >= 0.3 is 0 Å². The molecule has 0 fully saturated rings. The Bertz CT molecular complexity index is 917. The largest absolute Gasteiger partial charge is 0.493 e. The lowest BCUT2D eigenvalue weighted by molar-refractivity contribution is -0.122. The van der Waals surface area contributed by atoms with E-state index in [4.69, 9.17) is 23.7 Å². The number of para-hydroxylation sites is 1. The molecule has 1 unspecified atom stereocenters. The van der Waals surface area contributed by atoms with E-state index in [1.165, 1.54) is 0 Å². The maximum Gasteiger partial charge on any atom is 0.245 e. The molecule has 2 aliphatic rings. The van der Waals surface area contributed by atoms with Gasteiger partial charge in [0.05, 0.1) is 26.4 Å². The fraction of sp³-hybridized carbons (Fsp3) is 0.458. The topological polar surface area (TPSA) is 66.5 Å². The minimum absolute atomic E-state index is 0.0133. The molecule has 1 atom stereocenters. The smallest absolute Gasteiger partial charge is 0.245 e. The lowest BCUT2D eigenvalue weighted by Crippen LogP contribution is -2.43. The van der Waals surface area contributed by atoms with Crippen LogP contribution >= 0.6 is 0 Å². The van der Waals surface area contributed by atoms with Crippen LogP contribution in [0.25, 0.3) is 0 Å². The number of carbonyl (C=O) groups is 1. The molecule has 7 nitrogen and oxygen atoms in total. The summed E-state index contributed by atoms with van der Waals surface area (Å²) in [5.74, 6) is 1.47. The number of hydrogen-bond donors (Lipinski definition) is 0. The molecule has 2 aromatic rings. The molecule has 1 spiro atoms. The van der Waals surface area contributed by atoms with Crippen molar-refractivity contribution in [1.29, 1.82) is 0 Å². The second kappa shape index (κ2) is 9.68. The zero-order valence-electron chi connectivity index (χ0n) is 18.1. The molecule has 0 aliphatic carbocycles. The van der Waals surface area contributed by atoms with Crippen LogP contribution in [0, 0.1) is 0 Å². The molecule has 0 aromatic heterocycles. The van der Waals surface area contributed by atoms with Crippen molar-refractivity contribution in [1.82, 2.24) is 0 Å². The second-order valence-corrected chi connectivity index (χ2v) is 7.63. The summed E-state index contributed by atoms with van der Waals surface area (Å²) in [6, 6.07) is 13.7. The first-order valence-corrected chi connectivity index (χ1v) is 10.6. The van der Waals surface area contributed by atoms with Crippen LogP contribution in [-0.4, -0.2) is 66.3 Å². The molecule has 2 aliphatic heterocycles. The minimum atomic E-state index is -0.857. The van der Waals surface area contributed by atoms with Gasteiger partial charge in [-0.25, -0.2) is 0 Å². The normalized spacial score (nSPS) is 18.9. The molecule has 1 amide bonds. The molecule has 0 radical (unpaired) electrons. The van der Waals surface area contributed by atoms with Crippen LogP contribution in [0.1, 0.15) is 17.5 Å². The van der Waals surface area contributed by atoms with Crippen molar-refractivity contribution in [3.8, 4) is 11.5 Å². The Kier molecular flexibility index (Phi) is 6.75. The summed E-state index contributed by atoms with van der Waals surface area (Å²) >= 11 is 0. The third-order valence-electron chi connectivity index (χ3n) is 5.77. The maximum absolute atomic E-state index is 13.8. The summed E-state index contributed by atoms with van der Waals surface area (Å²) in [5.41, 5.74) is 1.87. The van der Waals surface area contributed by atoms with Crippen LogP contribution in [0.5, 0.6) is 11.5 Å². The van der Waals surface area contributed by atoms with Gasteiger partial charge in [-0.15, -0.1) is 0 Å². The highest BCUT2D eigenvalue weighted by Gasteiger charge is 2.56. The van der Waals surface area contributed by atoms with Gasteiger partial charge in [0.15, 0.2) is 0 Å². The standard InChI is InChI=1S/C24H29NO6/c1-27-11-5-12-30-18-8-9-22-20(16-18)24(17-31-22)19-6-3-4-7-21(19)25(23(24)26)10-13-29-15-14-28-2/h3-4,6-9,16H,5,10-15,17H2,1-2H3. The molecular weight excluding hydrogens is 398 g/mol. The number of hydrogen-bond acceptors (Lipinski definition) is 6. The number of nitrogens with zero attached hydrogens (tertiary/aromatic N) is 1. The van der Waals surface area contributed by atoms with Crippen molar-refractivity contribution in [2.75, 3.05) is 65.3 Å². The number of ether oxygens (including phenoxy) is 5. The zero-order valence-corrected chi connectivity index (χ0v) is 18.1. The average molecular weight is 427 g/mol. The number of amides is 1. The number of benzene rings is 2. The Morgan fingerprint density at radius 2 is 1.81 bits per heavy atom. The Balaban J connectivity index is 1.60.